The van der Waals surface area contributed by atoms with Crippen LogP contribution in [0.4, 0.5) is 19.0 Å². The third-order valence-electron chi connectivity index (χ3n) is 2.58. The van der Waals surface area contributed by atoms with E-state index >= 15 is 0 Å². The van der Waals surface area contributed by atoms with E-state index in [-0.39, 0.29) is 5.65 Å². The number of imidazole rings is 1. The van der Waals surface area contributed by atoms with Crippen molar-refractivity contribution in [2.75, 3.05) is 5.32 Å². The van der Waals surface area contributed by atoms with Crippen LogP contribution in [0.2, 0.25) is 0 Å². The second-order valence-corrected chi connectivity index (χ2v) is 4.05. The smallest absolute Gasteiger partial charge is 0.364 e. The third-order valence-corrected chi connectivity index (χ3v) is 2.58. The van der Waals surface area contributed by atoms with E-state index in [1.54, 1.807) is 0 Å². The van der Waals surface area contributed by atoms with Crippen molar-refractivity contribution in [3.63, 3.8) is 0 Å². The van der Waals surface area contributed by atoms with Gasteiger partial charge in [0.15, 0.2) is 17.2 Å². The number of rotatable bonds is 2. The van der Waals surface area contributed by atoms with Gasteiger partial charge in [-0.2, -0.15) is 13.2 Å². The first-order valence-electron chi connectivity index (χ1n) is 5.21. The van der Waals surface area contributed by atoms with E-state index in [0.717, 1.165) is 19.0 Å². The molecule has 0 unspecified atom stereocenters. The maximum absolute atomic E-state index is 12.5. The summed E-state index contributed by atoms with van der Waals surface area (Å²) in [6.07, 6.45) is 1.50. The summed E-state index contributed by atoms with van der Waals surface area (Å²) in [6, 6.07) is 0.319. The number of alkyl halides is 3. The molecule has 3 rings (SSSR count). The summed E-state index contributed by atoms with van der Waals surface area (Å²) < 4.78 is 38.9. The molecule has 1 saturated carbocycles. The highest BCUT2D eigenvalue weighted by molar-refractivity contribution is 5.63. The Kier molecular flexibility index (Phi) is 2.04. The van der Waals surface area contributed by atoms with E-state index in [0.29, 0.717) is 11.9 Å². The average Bonchev–Trinajstić information content (AvgIpc) is 2.93. The molecule has 0 spiro atoms. The lowest BCUT2D eigenvalue weighted by molar-refractivity contribution is -0.140. The van der Waals surface area contributed by atoms with E-state index in [4.69, 9.17) is 0 Å². The minimum atomic E-state index is -4.43. The summed E-state index contributed by atoms with van der Waals surface area (Å²) in [5.74, 6) is 0.408. The fourth-order valence-corrected chi connectivity index (χ4v) is 1.58. The van der Waals surface area contributed by atoms with Gasteiger partial charge in [0, 0.05) is 24.6 Å². The minimum Gasteiger partial charge on any atom is -0.364 e. The van der Waals surface area contributed by atoms with Crippen LogP contribution in [0.15, 0.2) is 18.6 Å². The first-order chi connectivity index (χ1) is 8.04. The van der Waals surface area contributed by atoms with E-state index in [1.807, 2.05) is 0 Å². The zero-order chi connectivity index (χ0) is 12.0. The second-order valence-electron chi connectivity index (χ2n) is 4.05. The second kappa shape index (κ2) is 3.35. The van der Waals surface area contributed by atoms with Gasteiger partial charge < -0.3 is 9.72 Å². The summed E-state index contributed by atoms with van der Waals surface area (Å²) in [5.41, 5.74) is -0.684. The Morgan fingerprint density at radius 1 is 1.35 bits per heavy atom. The lowest BCUT2D eigenvalue weighted by Gasteiger charge is -2.03. The van der Waals surface area contributed by atoms with Crippen molar-refractivity contribution < 1.29 is 13.2 Å². The summed E-state index contributed by atoms with van der Waals surface area (Å²) in [6.45, 7) is 0. The Labute approximate surface area is 94.5 Å². The number of halogens is 3. The number of fused-ring (bicyclic) bond motifs is 1. The molecule has 4 nitrogen and oxygen atoms in total. The molecule has 0 aliphatic heterocycles. The van der Waals surface area contributed by atoms with Crippen LogP contribution >= 0.6 is 0 Å². The molecular weight excluding hydrogens is 233 g/mol. The van der Waals surface area contributed by atoms with Crippen LogP contribution in [0.25, 0.3) is 5.65 Å². The third kappa shape index (κ3) is 1.92. The molecular formula is C10H9F3N4. The first-order valence-corrected chi connectivity index (χ1v) is 5.21. The molecule has 2 aromatic rings. The Morgan fingerprint density at radius 3 is 2.76 bits per heavy atom. The number of anilines is 1. The van der Waals surface area contributed by atoms with Crippen LogP contribution in [0.5, 0.6) is 0 Å². The molecule has 90 valence electrons. The van der Waals surface area contributed by atoms with Gasteiger partial charge in [-0.3, -0.25) is 0 Å². The lowest BCUT2D eigenvalue weighted by Crippen LogP contribution is -2.06. The topological polar surface area (TPSA) is 42.2 Å². The Hall–Kier alpha value is -1.79. The van der Waals surface area contributed by atoms with Gasteiger partial charge in [-0.25, -0.2) is 9.97 Å². The average molecular weight is 242 g/mol. The minimum absolute atomic E-state index is 0.215. The number of nitrogens with one attached hydrogen (secondary N) is 1. The Bertz CT molecular complexity index is 556. The Balaban J connectivity index is 2.07. The molecule has 2 heterocycles. The predicted octanol–water partition coefficient (Wildman–Crippen LogP) is 2.32. The zero-order valence-corrected chi connectivity index (χ0v) is 8.70. The molecule has 1 aliphatic carbocycles. The molecule has 0 bridgehead atoms. The number of hydrogen-bond acceptors (Lipinski definition) is 3. The number of hydrogen-bond donors (Lipinski definition) is 1. The van der Waals surface area contributed by atoms with Crippen LogP contribution in [0.3, 0.4) is 0 Å². The molecule has 1 N–H and O–H groups in total. The van der Waals surface area contributed by atoms with Crippen LogP contribution in [0, 0.1) is 0 Å². The molecule has 0 aromatic carbocycles. The summed E-state index contributed by atoms with van der Waals surface area (Å²) >= 11 is 0. The van der Waals surface area contributed by atoms with Crippen LogP contribution in [-0.4, -0.2) is 20.4 Å². The normalized spacial score (nSPS) is 16.4. The highest BCUT2D eigenvalue weighted by Crippen LogP contribution is 2.30. The lowest BCUT2D eigenvalue weighted by atomic mass is 10.5. The fourth-order valence-electron chi connectivity index (χ4n) is 1.58. The standard InChI is InChI=1S/C10H9F3N4/c11-10(12,13)7-5-17-4-3-14-8(9(17)16-7)15-6-1-2-6/h3-6H,1-2H2,(H,14,15). The molecule has 0 atom stereocenters. The molecule has 2 aromatic heterocycles. The first kappa shape index (κ1) is 10.4. The van der Waals surface area contributed by atoms with Crippen LogP contribution in [-0.2, 0) is 6.18 Å². The monoisotopic (exact) mass is 242 g/mol. The van der Waals surface area contributed by atoms with Crippen molar-refractivity contribution in [2.45, 2.75) is 25.1 Å². The quantitative estimate of drug-likeness (QED) is 0.878. The van der Waals surface area contributed by atoms with Crippen LogP contribution < -0.4 is 5.32 Å². The molecule has 17 heavy (non-hydrogen) atoms. The van der Waals surface area contributed by atoms with Crippen molar-refractivity contribution >= 4 is 11.5 Å². The SMILES string of the molecule is FC(F)(F)c1cn2ccnc(NC3CC3)c2n1. The van der Waals surface area contributed by atoms with Crippen molar-refractivity contribution in [3.05, 3.63) is 24.3 Å². The summed E-state index contributed by atoms with van der Waals surface area (Å²) in [4.78, 5) is 7.60. The van der Waals surface area contributed by atoms with E-state index in [1.165, 1.54) is 16.8 Å². The largest absolute Gasteiger partial charge is 0.434 e. The summed E-state index contributed by atoms with van der Waals surface area (Å²) in [7, 11) is 0. The predicted molar refractivity (Wildman–Crippen MR) is 54.6 cm³/mol. The van der Waals surface area contributed by atoms with Gasteiger partial charge in [0.25, 0.3) is 0 Å². The van der Waals surface area contributed by atoms with Gasteiger partial charge in [-0.1, -0.05) is 0 Å². The van der Waals surface area contributed by atoms with Gasteiger partial charge in [0.05, 0.1) is 0 Å². The molecule has 7 heteroatoms. The zero-order valence-electron chi connectivity index (χ0n) is 8.70. The van der Waals surface area contributed by atoms with E-state index in [2.05, 4.69) is 15.3 Å². The van der Waals surface area contributed by atoms with Gasteiger partial charge in [0.1, 0.15) is 0 Å². The number of nitrogens with zero attached hydrogens (tertiary/aromatic N) is 3. The summed E-state index contributed by atoms with van der Waals surface area (Å²) in [5, 5.41) is 3.06. The molecule has 1 aliphatic rings. The maximum atomic E-state index is 12.5. The molecule has 0 amide bonds. The van der Waals surface area contributed by atoms with E-state index < -0.39 is 11.9 Å². The van der Waals surface area contributed by atoms with Crippen molar-refractivity contribution in [1.29, 1.82) is 0 Å². The van der Waals surface area contributed by atoms with Crippen molar-refractivity contribution in [3.8, 4) is 0 Å². The van der Waals surface area contributed by atoms with Crippen molar-refractivity contribution in [1.82, 2.24) is 14.4 Å². The van der Waals surface area contributed by atoms with Gasteiger partial charge >= 0.3 is 6.18 Å². The molecule has 1 fully saturated rings. The van der Waals surface area contributed by atoms with Gasteiger partial charge in [0.2, 0.25) is 0 Å². The van der Waals surface area contributed by atoms with E-state index in [9.17, 15) is 13.2 Å². The van der Waals surface area contributed by atoms with Gasteiger partial charge in [-0.05, 0) is 12.8 Å². The number of aromatic nitrogens is 3. The molecule has 0 saturated heterocycles. The van der Waals surface area contributed by atoms with Gasteiger partial charge in [-0.15, -0.1) is 0 Å². The highest BCUT2D eigenvalue weighted by Gasteiger charge is 2.34. The maximum Gasteiger partial charge on any atom is 0.434 e. The van der Waals surface area contributed by atoms with Crippen molar-refractivity contribution in [2.24, 2.45) is 0 Å². The Morgan fingerprint density at radius 2 is 2.12 bits per heavy atom. The van der Waals surface area contributed by atoms with Crippen LogP contribution in [0.1, 0.15) is 18.5 Å². The highest BCUT2D eigenvalue weighted by atomic mass is 19.4. The molecule has 0 radical (unpaired) electrons. The fraction of sp³-hybridized carbons (Fsp3) is 0.400.